The van der Waals surface area contributed by atoms with Crippen molar-refractivity contribution in [2.45, 2.75) is 57.5 Å². The third-order valence-electron chi connectivity index (χ3n) is 4.15. The highest BCUT2D eigenvalue weighted by Crippen LogP contribution is 2.37. The van der Waals surface area contributed by atoms with E-state index in [2.05, 4.69) is 5.32 Å². The maximum atomic E-state index is 12.5. The number of piperazine rings is 1. The van der Waals surface area contributed by atoms with Gasteiger partial charge in [0.25, 0.3) is 0 Å². The predicted molar refractivity (Wildman–Crippen MR) is 76.2 cm³/mol. The van der Waals surface area contributed by atoms with Crippen molar-refractivity contribution in [2.24, 2.45) is 5.92 Å². The number of rotatable bonds is 8. The van der Waals surface area contributed by atoms with Gasteiger partial charge in [0.2, 0.25) is 11.8 Å². The van der Waals surface area contributed by atoms with Crippen LogP contribution in [0, 0.1) is 5.92 Å². The van der Waals surface area contributed by atoms with E-state index in [1.165, 1.54) is 0 Å². The number of carbonyl (C=O) groups excluding carboxylic acids is 2. The largest absolute Gasteiger partial charge is 0.385 e. The summed E-state index contributed by atoms with van der Waals surface area (Å²) in [7, 11) is 1.68. The summed E-state index contributed by atoms with van der Waals surface area (Å²) in [5, 5.41) is 2.92. The molecule has 1 aliphatic carbocycles. The molecule has 1 heterocycles. The van der Waals surface area contributed by atoms with Crippen LogP contribution in [-0.4, -0.2) is 49.1 Å². The minimum Gasteiger partial charge on any atom is -0.385 e. The lowest BCUT2D eigenvalue weighted by Gasteiger charge is -2.39. The van der Waals surface area contributed by atoms with Crippen molar-refractivity contribution in [3.63, 3.8) is 0 Å². The quantitative estimate of drug-likeness (QED) is 0.683. The van der Waals surface area contributed by atoms with Crippen molar-refractivity contribution in [2.75, 3.05) is 20.3 Å². The first-order valence-electron chi connectivity index (χ1n) is 7.78. The molecule has 1 aliphatic heterocycles. The molecular weight excluding hydrogens is 256 g/mol. The summed E-state index contributed by atoms with van der Waals surface area (Å²) < 4.78 is 5.04. The summed E-state index contributed by atoms with van der Waals surface area (Å²) in [5.74, 6) is 0.544. The van der Waals surface area contributed by atoms with E-state index in [4.69, 9.17) is 4.74 Å². The van der Waals surface area contributed by atoms with Crippen LogP contribution in [0.4, 0.5) is 0 Å². The lowest BCUT2D eigenvalue weighted by Crippen LogP contribution is -2.64. The number of methoxy groups -OCH3 is 1. The second-order valence-electron chi connectivity index (χ2n) is 5.86. The van der Waals surface area contributed by atoms with Gasteiger partial charge >= 0.3 is 0 Å². The summed E-state index contributed by atoms with van der Waals surface area (Å²) >= 11 is 0. The normalized spacial score (nSPS) is 26.8. The molecule has 0 spiro atoms. The van der Waals surface area contributed by atoms with Crippen molar-refractivity contribution in [3.05, 3.63) is 0 Å². The molecule has 2 amide bonds. The van der Waals surface area contributed by atoms with Crippen molar-refractivity contribution in [3.8, 4) is 0 Å². The second-order valence-corrected chi connectivity index (χ2v) is 5.86. The molecule has 20 heavy (non-hydrogen) atoms. The van der Waals surface area contributed by atoms with Crippen molar-refractivity contribution in [1.29, 1.82) is 0 Å². The number of ether oxygens (including phenoxy) is 1. The van der Waals surface area contributed by atoms with E-state index in [0.29, 0.717) is 19.1 Å². The van der Waals surface area contributed by atoms with Crippen LogP contribution in [0.1, 0.15) is 45.4 Å². The fourth-order valence-electron chi connectivity index (χ4n) is 2.94. The molecule has 2 fully saturated rings. The first-order valence-corrected chi connectivity index (χ1v) is 7.78. The second kappa shape index (κ2) is 7.07. The number of carbonyl (C=O) groups is 2. The molecule has 2 unspecified atom stereocenters. The van der Waals surface area contributed by atoms with E-state index in [-0.39, 0.29) is 23.9 Å². The van der Waals surface area contributed by atoms with E-state index in [0.717, 1.165) is 38.5 Å². The highest BCUT2D eigenvalue weighted by atomic mass is 16.5. The Kier molecular flexibility index (Phi) is 5.40. The van der Waals surface area contributed by atoms with Crippen molar-refractivity contribution >= 4 is 11.8 Å². The van der Waals surface area contributed by atoms with Gasteiger partial charge in [-0.3, -0.25) is 9.59 Å². The number of unbranched alkanes of at least 4 members (excludes halogenated alkanes) is 1. The fraction of sp³-hybridized carbons (Fsp3) is 0.867. The van der Waals surface area contributed by atoms with Crippen LogP contribution >= 0.6 is 0 Å². The van der Waals surface area contributed by atoms with Crippen LogP contribution in [0.5, 0.6) is 0 Å². The lowest BCUT2D eigenvalue weighted by atomic mass is 10.00. The topological polar surface area (TPSA) is 58.6 Å². The number of amides is 2. The third kappa shape index (κ3) is 3.51. The van der Waals surface area contributed by atoms with E-state index in [9.17, 15) is 9.59 Å². The molecule has 114 valence electrons. The Hall–Kier alpha value is -1.10. The number of nitrogens with one attached hydrogen (secondary N) is 1. The summed E-state index contributed by atoms with van der Waals surface area (Å²) in [6.07, 6.45) is 5.60. The minimum atomic E-state index is -0.315. The molecule has 2 rings (SSSR count). The standard InChI is InChI=1S/C15H26N2O3/c1-3-6-12-15(19)17(9-4-5-10-20-2)13(11-7-8-11)14(18)16-12/h11-13H,3-10H2,1-2H3,(H,16,18). The predicted octanol–water partition coefficient (Wildman–Crippen LogP) is 1.32. The fourth-order valence-corrected chi connectivity index (χ4v) is 2.94. The average Bonchev–Trinajstić information content (AvgIpc) is 3.24. The first-order chi connectivity index (χ1) is 9.69. The molecule has 2 aliphatic rings. The van der Waals surface area contributed by atoms with E-state index in [1.54, 1.807) is 7.11 Å². The molecule has 0 radical (unpaired) electrons. The Morgan fingerprint density at radius 2 is 2.05 bits per heavy atom. The van der Waals surface area contributed by atoms with Crippen LogP contribution in [-0.2, 0) is 14.3 Å². The van der Waals surface area contributed by atoms with Gasteiger partial charge in [-0.15, -0.1) is 0 Å². The number of nitrogens with zero attached hydrogens (tertiary/aromatic N) is 1. The lowest BCUT2D eigenvalue weighted by molar-refractivity contribution is -0.150. The van der Waals surface area contributed by atoms with Gasteiger partial charge in [0, 0.05) is 20.3 Å². The Bertz CT molecular complexity index is 355. The van der Waals surface area contributed by atoms with Gasteiger partial charge in [0.15, 0.2) is 0 Å². The Balaban J connectivity index is 1.99. The Morgan fingerprint density at radius 3 is 2.65 bits per heavy atom. The molecule has 2 atom stereocenters. The highest BCUT2D eigenvalue weighted by Gasteiger charge is 2.47. The number of hydrogen-bond acceptors (Lipinski definition) is 3. The minimum absolute atomic E-state index is 0.0530. The maximum absolute atomic E-state index is 12.5. The van der Waals surface area contributed by atoms with Gasteiger partial charge in [0.05, 0.1) is 0 Å². The first kappa shape index (κ1) is 15.3. The molecule has 0 bridgehead atoms. The zero-order valence-corrected chi connectivity index (χ0v) is 12.6. The maximum Gasteiger partial charge on any atom is 0.245 e. The average molecular weight is 282 g/mol. The molecule has 0 aromatic rings. The SMILES string of the molecule is CCCC1NC(=O)C(C2CC2)N(CCCCOC)C1=O. The van der Waals surface area contributed by atoms with E-state index < -0.39 is 0 Å². The van der Waals surface area contributed by atoms with Gasteiger partial charge in [-0.2, -0.15) is 0 Å². The molecule has 1 saturated carbocycles. The summed E-state index contributed by atoms with van der Waals surface area (Å²) in [6.45, 7) is 3.42. The van der Waals surface area contributed by atoms with Gasteiger partial charge < -0.3 is 15.0 Å². The van der Waals surface area contributed by atoms with Crippen molar-refractivity contribution < 1.29 is 14.3 Å². The van der Waals surface area contributed by atoms with E-state index in [1.807, 2.05) is 11.8 Å². The Morgan fingerprint density at radius 1 is 1.30 bits per heavy atom. The van der Waals surface area contributed by atoms with Gasteiger partial charge in [-0.25, -0.2) is 0 Å². The van der Waals surface area contributed by atoms with Crippen LogP contribution in [0.25, 0.3) is 0 Å². The summed E-state index contributed by atoms with van der Waals surface area (Å²) in [6, 6.07) is -0.539. The van der Waals surface area contributed by atoms with Gasteiger partial charge in [0.1, 0.15) is 12.1 Å². The van der Waals surface area contributed by atoms with Crippen LogP contribution in [0.2, 0.25) is 0 Å². The third-order valence-corrected chi connectivity index (χ3v) is 4.15. The van der Waals surface area contributed by atoms with Crippen LogP contribution in [0.3, 0.4) is 0 Å². The molecule has 5 heteroatoms. The zero-order valence-electron chi connectivity index (χ0n) is 12.6. The number of hydrogen-bond donors (Lipinski definition) is 1. The van der Waals surface area contributed by atoms with Crippen LogP contribution in [0.15, 0.2) is 0 Å². The zero-order chi connectivity index (χ0) is 14.5. The van der Waals surface area contributed by atoms with Gasteiger partial charge in [-0.05, 0) is 38.0 Å². The summed E-state index contributed by atoms with van der Waals surface area (Å²) in [4.78, 5) is 26.7. The summed E-state index contributed by atoms with van der Waals surface area (Å²) in [5.41, 5.74) is 0. The molecule has 1 N–H and O–H groups in total. The highest BCUT2D eigenvalue weighted by molar-refractivity contribution is 5.97. The smallest absolute Gasteiger partial charge is 0.245 e. The molecule has 0 aromatic carbocycles. The van der Waals surface area contributed by atoms with Crippen LogP contribution < -0.4 is 5.32 Å². The van der Waals surface area contributed by atoms with Gasteiger partial charge in [-0.1, -0.05) is 13.3 Å². The molecule has 1 saturated heterocycles. The molecule has 5 nitrogen and oxygen atoms in total. The molecular formula is C15H26N2O3. The van der Waals surface area contributed by atoms with E-state index >= 15 is 0 Å². The molecule has 0 aromatic heterocycles. The Labute approximate surface area is 121 Å². The van der Waals surface area contributed by atoms with Crippen molar-refractivity contribution in [1.82, 2.24) is 10.2 Å². The monoisotopic (exact) mass is 282 g/mol.